The van der Waals surface area contributed by atoms with Gasteiger partial charge in [-0.25, -0.2) is 0 Å². The Morgan fingerprint density at radius 2 is 1.44 bits per heavy atom. The summed E-state index contributed by atoms with van der Waals surface area (Å²) in [5.74, 6) is 0. The van der Waals surface area contributed by atoms with E-state index < -0.39 is 0 Å². The summed E-state index contributed by atoms with van der Waals surface area (Å²) in [5.41, 5.74) is 2.61. The lowest BCUT2D eigenvalue weighted by Gasteiger charge is -2.21. The van der Waals surface area contributed by atoms with Crippen LogP contribution in [0.5, 0.6) is 0 Å². The van der Waals surface area contributed by atoms with Crippen LogP contribution in [0.1, 0.15) is 37.1 Å². The fourth-order valence-electron chi connectivity index (χ4n) is 2.13. The largest absolute Gasteiger partial charge is 0.304 e. The Kier molecular flexibility index (Phi) is 4.56. The Hall–Kier alpha value is -1.12. The lowest BCUT2D eigenvalue weighted by molar-refractivity contribution is 0.493. The van der Waals surface area contributed by atoms with E-state index in [1.54, 1.807) is 0 Å². The van der Waals surface area contributed by atoms with Crippen molar-refractivity contribution in [2.45, 2.75) is 25.9 Å². The van der Waals surface area contributed by atoms with Crippen molar-refractivity contribution in [3.05, 3.63) is 70.2 Å². The van der Waals surface area contributed by atoms with Crippen LogP contribution in [0.15, 0.2) is 59.1 Å². The molecule has 0 fully saturated rings. The molecule has 94 valence electrons. The molecule has 1 unspecified atom stereocenters. The third-order valence-electron chi connectivity index (χ3n) is 3.17. The highest BCUT2D eigenvalue weighted by molar-refractivity contribution is 9.10. The Labute approximate surface area is 117 Å². The van der Waals surface area contributed by atoms with Gasteiger partial charge in [0.2, 0.25) is 0 Å². The van der Waals surface area contributed by atoms with Gasteiger partial charge in [-0.15, -0.1) is 0 Å². The average molecular weight is 304 g/mol. The Morgan fingerprint density at radius 1 is 0.833 bits per heavy atom. The molecule has 18 heavy (non-hydrogen) atoms. The van der Waals surface area contributed by atoms with Crippen molar-refractivity contribution < 1.29 is 0 Å². The van der Waals surface area contributed by atoms with Gasteiger partial charge in [0, 0.05) is 16.6 Å². The molecule has 2 rings (SSSR count). The van der Waals surface area contributed by atoms with Crippen LogP contribution < -0.4 is 5.32 Å². The summed E-state index contributed by atoms with van der Waals surface area (Å²) < 4.78 is 1.16. The van der Waals surface area contributed by atoms with Gasteiger partial charge in [-0.05, 0) is 31.0 Å². The fourth-order valence-corrected chi connectivity index (χ4v) is 2.76. The zero-order valence-electron chi connectivity index (χ0n) is 10.7. The molecule has 0 aliphatic heterocycles. The molecule has 0 aromatic heterocycles. The summed E-state index contributed by atoms with van der Waals surface area (Å²) in [6.45, 7) is 4.39. The van der Waals surface area contributed by atoms with Crippen LogP contribution in [0.25, 0.3) is 0 Å². The van der Waals surface area contributed by atoms with Crippen LogP contribution in [0.2, 0.25) is 0 Å². The molecular formula is C16H18BrN. The van der Waals surface area contributed by atoms with E-state index in [9.17, 15) is 0 Å². The highest BCUT2D eigenvalue weighted by Crippen LogP contribution is 2.25. The van der Waals surface area contributed by atoms with Gasteiger partial charge in [-0.1, -0.05) is 64.5 Å². The average Bonchev–Trinajstić information content (AvgIpc) is 2.40. The quantitative estimate of drug-likeness (QED) is 0.850. The van der Waals surface area contributed by atoms with Crippen LogP contribution in [-0.2, 0) is 0 Å². The van der Waals surface area contributed by atoms with Gasteiger partial charge in [0.25, 0.3) is 0 Å². The van der Waals surface area contributed by atoms with Gasteiger partial charge in [0.15, 0.2) is 0 Å². The standard InChI is InChI=1S/C16H18BrN/c1-12(14-8-4-3-5-9-14)18-13(2)15-10-6-7-11-16(15)17/h3-13,18H,1-2H3/t12-,13?/m0/s1. The predicted molar refractivity (Wildman–Crippen MR) is 80.5 cm³/mol. The fraction of sp³-hybridized carbons (Fsp3) is 0.250. The van der Waals surface area contributed by atoms with E-state index in [0.29, 0.717) is 12.1 Å². The topological polar surface area (TPSA) is 12.0 Å². The summed E-state index contributed by atoms with van der Waals surface area (Å²) in [4.78, 5) is 0. The van der Waals surface area contributed by atoms with Crippen LogP contribution in [0.4, 0.5) is 0 Å². The first-order valence-electron chi connectivity index (χ1n) is 6.24. The molecule has 1 nitrogen and oxygen atoms in total. The highest BCUT2D eigenvalue weighted by atomic mass is 79.9. The SMILES string of the molecule is CC(N[C@@H](C)c1ccccc1)c1ccccc1Br. The Morgan fingerprint density at radius 3 is 2.11 bits per heavy atom. The summed E-state index contributed by atoms with van der Waals surface area (Å²) in [6.07, 6.45) is 0. The monoisotopic (exact) mass is 303 g/mol. The Balaban J connectivity index is 2.08. The van der Waals surface area contributed by atoms with Crippen molar-refractivity contribution in [3.8, 4) is 0 Å². The molecule has 2 atom stereocenters. The van der Waals surface area contributed by atoms with Crippen LogP contribution >= 0.6 is 15.9 Å². The lowest BCUT2D eigenvalue weighted by Crippen LogP contribution is -2.22. The van der Waals surface area contributed by atoms with Crippen molar-refractivity contribution in [1.82, 2.24) is 5.32 Å². The number of nitrogens with one attached hydrogen (secondary N) is 1. The smallest absolute Gasteiger partial charge is 0.0308 e. The second kappa shape index (κ2) is 6.17. The van der Waals surface area contributed by atoms with E-state index in [2.05, 4.69) is 77.6 Å². The number of hydrogen-bond acceptors (Lipinski definition) is 1. The van der Waals surface area contributed by atoms with Gasteiger partial charge < -0.3 is 5.32 Å². The summed E-state index contributed by atoms with van der Waals surface area (Å²) >= 11 is 3.60. The van der Waals surface area contributed by atoms with Gasteiger partial charge in [0.1, 0.15) is 0 Å². The molecule has 1 N–H and O–H groups in total. The van der Waals surface area contributed by atoms with Crippen LogP contribution in [0, 0.1) is 0 Å². The molecule has 0 spiro atoms. The third-order valence-corrected chi connectivity index (χ3v) is 3.89. The predicted octanol–water partition coefficient (Wildman–Crippen LogP) is 4.86. The van der Waals surface area contributed by atoms with E-state index in [1.165, 1.54) is 11.1 Å². The maximum absolute atomic E-state index is 3.62. The molecule has 0 saturated heterocycles. The van der Waals surface area contributed by atoms with Crippen molar-refractivity contribution in [3.63, 3.8) is 0 Å². The summed E-state index contributed by atoms with van der Waals surface area (Å²) in [7, 11) is 0. The molecular weight excluding hydrogens is 286 g/mol. The molecule has 2 aromatic carbocycles. The molecule has 0 aliphatic carbocycles. The Bertz CT molecular complexity index is 495. The second-order valence-corrected chi connectivity index (χ2v) is 5.40. The van der Waals surface area contributed by atoms with E-state index >= 15 is 0 Å². The number of benzene rings is 2. The van der Waals surface area contributed by atoms with Gasteiger partial charge in [-0.3, -0.25) is 0 Å². The molecule has 0 bridgehead atoms. The van der Waals surface area contributed by atoms with E-state index in [0.717, 1.165) is 4.47 Å². The van der Waals surface area contributed by atoms with Crippen LogP contribution in [0.3, 0.4) is 0 Å². The van der Waals surface area contributed by atoms with Gasteiger partial charge in [-0.2, -0.15) is 0 Å². The lowest BCUT2D eigenvalue weighted by atomic mass is 10.0. The molecule has 0 amide bonds. The molecule has 0 aliphatic rings. The molecule has 0 radical (unpaired) electrons. The van der Waals surface area contributed by atoms with E-state index in [1.807, 2.05) is 12.1 Å². The van der Waals surface area contributed by atoms with Gasteiger partial charge in [0.05, 0.1) is 0 Å². The minimum absolute atomic E-state index is 0.316. The normalized spacial score (nSPS) is 14.2. The third kappa shape index (κ3) is 3.21. The molecule has 2 aromatic rings. The van der Waals surface area contributed by atoms with Gasteiger partial charge >= 0.3 is 0 Å². The number of hydrogen-bond donors (Lipinski definition) is 1. The number of rotatable bonds is 4. The minimum Gasteiger partial charge on any atom is -0.304 e. The van der Waals surface area contributed by atoms with Crippen molar-refractivity contribution in [2.24, 2.45) is 0 Å². The zero-order chi connectivity index (χ0) is 13.0. The minimum atomic E-state index is 0.316. The first kappa shape index (κ1) is 13.3. The number of halogens is 1. The van der Waals surface area contributed by atoms with E-state index in [-0.39, 0.29) is 0 Å². The van der Waals surface area contributed by atoms with Crippen molar-refractivity contribution >= 4 is 15.9 Å². The molecule has 0 heterocycles. The van der Waals surface area contributed by atoms with Crippen molar-refractivity contribution in [2.75, 3.05) is 0 Å². The molecule has 2 heteroatoms. The first-order chi connectivity index (χ1) is 8.68. The van der Waals surface area contributed by atoms with Crippen molar-refractivity contribution in [1.29, 1.82) is 0 Å². The summed E-state index contributed by atoms with van der Waals surface area (Å²) in [5, 5.41) is 3.62. The highest BCUT2D eigenvalue weighted by Gasteiger charge is 2.12. The summed E-state index contributed by atoms with van der Waals surface area (Å²) in [6, 6.07) is 19.5. The zero-order valence-corrected chi connectivity index (χ0v) is 12.3. The molecule has 0 saturated carbocycles. The van der Waals surface area contributed by atoms with E-state index in [4.69, 9.17) is 0 Å². The maximum Gasteiger partial charge on any atom is 0.0308 e. The van der Waals surface area contributed by atoms with Crippen LogP contribution in [-0.4, -0.2) is 0 Å². The first-order valence-corrected chi connectivity index (χ1v) is 7.03. The second-order valence-electron chi connectivity index (χ2n) is 4.54. The maximum atomic E-state index is 3.62.